The maximum atomic E-state index is 12.7. The van der Waals surface area contributed by atoms with E-state index < -0.39 is 5.92 Å². The van der Waals surface area contributed by atoms with Crippen molar-refractivity contribution in [2.45, 2.75) is 33.6 Å². The Balaban J connectivity index is 2.01. The standard InChI is InChI=1S/C16H19NO2/c1-15(2)10-7-8-16(15,3)14(19)12(10)13(18)11-6-4-5-9-17-11/h4-6,9-10,12H,7-8H2,1-3H3. The topological polar surface area (TPSA) is 47.0 Å². The number of aromatic nitrogens is 1. The van der Waals surface area contributed by atoms with Crippen LogP contribution in [0.25, 0.3) is 0 Å². The lowest BCUT2D eigenvalue weighted by atomic mass is 9.70. The van der Waals surface area contributed by atoms with Crippen LogP contribution in [0, 0.1) is 22.7 Å². The quantitative estimate of drug-likeness (QED) is 0.604. The van der Waals surface area contributed by atoms with Crippen molar-refractivity contribution in [1.29, 1.82) is 0 Å². The lowest BCUT2D eigenvalue weighted by Gasteiger charge is -2.32. The Morgan fingerprint density at radius 1 is 1.32 bits per heavy atom. The molecule has 0 saturated heterocycles. The number of carbonyl (C=O) groups excluding carboxylic acids is 2. The van der Waals surface area contributed by atoms with E-state index in [-0.39, 0.29) is 28.3 Å². The fourth-order valence-corrected chi connectivity index (χ4v) is 4.06. The maximum Gasteiger partial charge on any atom is 0.191 e. The summed E-state index contributed by atoms with van der Waals surface area (Å²) in [6.07, 6.45) is 3.49. The molecule has 19 heavy (non-hydrogen) atoms. The van der Waals surface area contributed by atoms with Crippen molar-refractivity contribution in [3.63, 3.8) is 0 Å². The first-order valence-electron chi connectivity index (χ1n) is 6.89. The van der Waals surface area contributed by atoms with Crippen LogP contribution in [0.3, 0.4) is 0 Å². The number of fused-ring (bicyclic) bond motifs is 2. The summed E-state index contributed by atoms with van der Waals surface area (Å²) < 4.78 is 0. The minimum atomic E-state index is -0.483. The Morgan fingerprint density at radius 3 is 2.58 bits per heavy atom. The van der Waals surface area contributed by atoms with Gasteiger partial charge < -0.3 is 0 Å². The zero-order valence-electron chi connectivity index (χ0n) is 11.6. The van der Waals surface area contributed by atoms with Gasteiger partial charge in [-0.1, -0.05) is 26.8 Å². The van der Waals surface area contributed by atoms with Gasteiger partial charge in [0.1, 0.15) is 11.5 Å². The van der Waals surface area contributed by atoms with E-state index >= 15 is 0 Å². The monoisotopic (exact) mass is 257 g/mol. The summed E-state index contributed by atoms with van der Waals surface area (Å²) in [5.41, 5.74) is -0.000750. The molecule has 3 unspecified atom stereocenters. The third-order valence-electron chi connectivity index (χ3n) is 5.73. The van der Waals surface area contributed by atoms with Crippen LogP contribution in [0.4, 0.5) is 0 Å². The maximum absolute atomic E-state index is 12.7. The number of carbonyl (C=O) groups is 2. The molecular weight excluding hydrogens is 238 g/mol. The minimum Gasteiger partial charge on any atom is -0.298 e. The molecule has 100 valence electrons. The van der Waals surface area contributed by atoms with Crippen molar-refractivity contribution in [3.05, 3.63) is 30.1 Å². The molecule has 2 aliphatic rings. The van der Waals surface area contributed by atoms with Crippen LogP contribution in [-0.4, -0.2) is 16.6 Å². The van der Waals surface area contributed by atoms with E-state index in [1.54, 1.807) is 24.4 Å². The predicted octanol–water partition coefficient (Wildman–Crippen LogP) is 2.91. The molecule has 3 rings (SSSR count). The van der Waals surface area contributed by atoms with E-state index in [2.05, 4.69) is 18.8 Å². The molecule has 0 aromatic carbocycles. The number of nitrogens with zero attached hydrogens (tertiary/aromatic N) is 1. The molecule has 0 amide bonds. The van der Waals surface area contributed by atoms with Crippen molar-refractivity contribution in [1.82, 2.24) is 4.98 Å². The Kier molecular flexibility index (Phi) is 2.47. The average molecular weight is 257 g/mol. The van der Waals surface area contributed by atoms with Crippen molar-refractivity contribution in [3.8, 4) is 0 Å². The molecule has 1 aromatic heterocycles. The summed E-state index contributed by atoms with van der Waals surface area (Å²) >= 11 is 0. The van der Waals surface area contributed by atoms with Crippen LogP contribution in [0.15, 0.2) is 24.4 Å². The summed E-state index contributed by atoms with van der Waals surface area (Å²) in [7, 11) is 0. The fourth-order valence-electron chi connectivity index (χ4n) is 4.06. The van der Waals surface area contributed by atoms with Gasteiger partial charge in [0, 0.05) is 11.6 Å². The van der Waals surface area contributed by atoms with E-state index in [1.807, 2.05) is 6.92 Å². The first-order valence-corrected chi connectivity index (χ1v) is 6.89. The molecule has 2 fully saturated rings. The number of ketones is 2. The second kappa shape index (κ2) is 3.75. The van der Waals surface area contributed by atoms with Crippen molar-refractivity contribution < 1.29 is 9.59 Å². The highest BCUT2D eigenvalue weighted by atomic mass is 16.2. The van der Waals surface area contributed by atoms with Gasteiger partial charge in [0.15, 0.2) is 5.78 Å². The minimum absolute atomic E-state index is 0.0841. The van der Waals surface area contributed by atoms with E-state index in [4.69, 9.17) is 0 Å². The lowest BCUT2D eigenvalue weighted by Crippen LogP contribution is -2.35. The highest BCUT2D eigenvalue weighted by molar-refractivity contribution is 6.13. The molecule has 1 heterocycles. The van der Waals surface area contributed by atoms with Crippen LogP contribution in [0.1, 0.15) is 44.1 Å². The van der Waals surface area contributed by atoms with Gasteiger partial charge in [0.05, 0.1) is 5.92 Å². The predicted molar refractivity (Wildman–Crippen MR) is 71.7 cm³/mol. The van der Waals surface area contributed by atoms with Gasteiger partial charge >= 0.3 is 0 Å². The second-order valence-corrected chi connectivity index (χ2v) is 6.62. The Hall–Kier alpha value is -1.51. The molecule has 3 atom stereocenters. The summed E-state index contributed by atoms with van der Waals surface area (Å²) in [6, 6.07) is 5.28. The number of pyridine rings is 1. The number of hydrogen-bond donors (Lipinski definition) is 0. The molecule has 0 N–H and O–H groups in total. The third kappa shape index (κ3) is 1.41. The zero-order chi connectivity index (χ0) is 13.8. The summed E-state index contributed by atoms with van der Waals surface area (Å²) in [5.74, 6) is -0.278. The molecule has 0 spiro atoms. The average Bonchev–Trinajstić information content (AvgIpc) is 2.71. The highest BCUT2D eigenvalue weighted by Gasteiger charge is 2.67. The second-order valence-electron chi connectivity index (χ2n) is 6.62. The van der Waals surface area contributed by atoms with Gasteiger partial charge in [-0.3, -0.25) is 14.6 Å². The van der Waals surface area contributed by atoms with Gasteiger partial charge in [0.25, 0.3) is 0 Å². The first-order chi connectivity index (χ1) is 8.89. The van der Waals surface area contributed by atoms with Crippen molar-refractivity contribution in [2.75, 3.05) is 0 Å². The van der Waals surface area contributed by atoms with Crippen molar-refractivity contribution >= 4 is 11.6 Å². The highest BCUT2D eigenvalue weighted by Crippen LogP contribution is 2.66. The van der Waals surface area contributed by atoms with Crippen LogP contribution >= 0.6 is 0 Å². The van der Waals surface area contributed by atoms with Gasteiger partial charge in [0.2, 0.25) is 0 Å². The van der Waals surface area contributed by atoms with E-state index in [9.17, 15) is 9.59 Å². The normalized spacial score (nSPS) is 35.6. The fraction of sp³-hybridized carbons (Fsp3) is 0.562. The summed E-state index contributed by atoms with van der Waals surface area (Å²) in [4.78, 5) is 29.4. The molecule has 2 saturated carbocycles. The summed E-state index contributed by atoms with van der Waals surface area (Å²) in [6.45, 7) is 6.30. The van der Waals surface area contributed by atoms with Crippen LogP contribution in [-0.2, 0) is 4.79 Å². The molecule has 2 bridgehead atoms. The molecular formula is C16H19NO2. The van der Waals surface area contributed by atoms with E-state index in [0.717, 1.165) is 12.8 Å². The molecule has 2 aliphatic carbocycles. The Bertz CT molecular complexity index is 549. The first kappa shape index (κ1) is 12.5. The SMILES string of the molecule is CC12CCC(C(C(=O)c3ccccn3)C1=O)C2(C)C. The van der Waals surface area contributed by atoms with E-state index in [1.165, 1.54) is 0 Å². The van der Waals surface area contributed by atoms with Gasteiger partial charge in [-0.05, 0) is 36.3 Å². The Labute approximate surface area is 113 Å². The van der Waals surface area contributed by atoms with Crippen molar-refractivity contribution in [2.24, 2.45) is 22.7 Å². The molecule has 0 radical (unpaired) electrons. The number of rotatable bonds is 2. The van der Waals surface area contributed by atoms with Gasteiger partial charge in [-0.15, -0.1) is 0 Å². The van der Waals surface area contributed by atoms with Crippen LogP contribution in [0.5, 0.6) is 0 Å². The smallest absolute Gasteiger partial charge is 0.191 e. The molecule has 1 aromatic rings. The zero-order valence-corrected chi connectivity index (χ0v) is 11.6. The summed E-state index contributed by atoms with van der Waals surface area (Å²) in [5, 5.41) is 0. The Morgan fingerprint density at radius 2 is 2.05 bits per heavy atom. The lowest BCUT2D eigenvalue weighted by molar-refractivity contribution is -0.130. The number of Topliss-reactive ketones (excluding diaryl/α,β-unsaturated/α-hetero) is 2. The molecule has 0 aliphatic heterocycles. The van der Waals surface area contributed by atoms with Gasteiger partial charge in [-0.25, -0.2) is 0 Å². The van der Waals surface area contributed by atoms with Gasteiger partial charge in [-0.2, -0.15) is 0 Å². The largest absolute Gasteiger partial charge is 0.298 e. The van der Waals surface area contributed by atoms with Crippen LogP contribution in [0.2, 0.25) is 0 Å². The molecule has 3 nitrogen and oxygen atoms in total. The third-order valence-corrected chi connectivity index (χ3v) is 5.73. The molecule has 3 heteroatoms. The van der Waals surface area contributed by atoms with Crippen LogP contribution < -0.4 is 0 Å². The van der Waals surface area contributed by atoms with E-state index in [0.29, 0.717) is 5.69 Å². The number of hydrogen-bond acceptors (Lipinski definition) is 3.